The lowest BCUT2D eigenvalue weighted by Gasteiger charge is -2.04. The third-order valence-corrected chi connectivity index (χ3v) is 6.20. The molecule has 2 rings (SSSR count). The van der Waals surface area contributed by atoms with Gasteiger partial charge in [-0.15, -0.1) is 23.1 Å². The summed E-state index contributed by atoms with van der Waals surface area (Å²) in [6, 6.07) is 11.3. The maximum absolute atomic E-state index is 11.9. The minimum atomic E-state index is -3.42. The molecule has 7 heteroatoms. The number of nitrogen functional groups attached to an aromatic ring is 1. The molecule has 0 unspecified atom stereocenters. The van der Waals surface area contributed by atoms with E-state index in [2.05, 4.69) is 4.72 Å². The van der Waals surface area contributed by atoms with Crippen molar-refractivity contribution in [3.63, 3.8) is 0 Å². The quantitative estimate of drug-likeness (QED) is 0.634. The Morgan fingerprint density at radius 2 is 2.00 bits per heavy atom. The highest BCUT2D eigenvalue weighted by atomic mass is 32.2. The summed E-state index contributed by atoms with van der Waals surface area (Å²) < 4.78 is 26.6. The molecule has 0 aliphatic carbocycles. The van der Waals surface area contributed by atoms with Gasteiger partial charge in [-0.1, -0.05) is 18.2 Å². The van der Waals surface area contributed by atoms with E-state index in [-0.39, 0.29) is 4.21 Å². The fourth-order valence-electron chi connectivity index (χ4n) is 1.40. The van der Waals surface area contributed by atoms with E-state index in [1.807, 2.05) is 30.3 Å². The van der Waals surface area contributed by atoms with Crippen LogP contribution in [0.25, 0.3) is 0 Å². The maximum atomic E-state index is 11.9. The van der Waals surface area contributed by atoms with Crippen molar-refractivity contribution in [1.82, 2.24) is 4.72 Å². The monoisotopic (exact) mass is 314 g/mol. The minimum absolute atomic E-state index is 0.259. The summed E-state index contributed by atoms with van der Waals surface area (Å²) in [4.78, 5) is 1.13. The lowest BCUT2D eigenvalue weighted by atomic mass is 10.4. The highest BCUT2D eigenvalue weighted by Crippen LogP contribution is 2.21. The molecule has 0 saturated carbocycles. The second kappa shape index (κ2) is 6.42. The fraction of sp³-hybridized carbons (Fsp3) is 0.167. The van der Waals surface area contributed by atoms with Gasteiger partial charge in [0.15, 0.2) is 0 Å². The van der Waals surface area contributed by atoms with Crippen LogP contribution < -0.4 is 10.5 Å². The first-order chi connectivity index (χ1) is 9.08. The standard InChI is InChI=1S/C12H14N2O2S3/c13-10-8-12(18-9-10)19(15,16)14-6-7-17-11-4-2-1-3-5-11/h1-5,8-9,14H,6-7,13H2. The first-order valence-corrected chi connectivity index (χ1v) is 8.94. The Morgan fingerprint density at radius 3 is 2.63 bits per heavy atom. The van der Waals surface area contributed by atoms with E-state index >= 15 is 0 Å². The van der Waals surface area contributed by atoms with Crippen molar-refractivity contribution in [3.8, 4) is 0 Å². The van der Waals surface area contributed by atoms with Crippen LogP contribution in [0, 0.1) is 0 Å². The Morgan fingerprint density at radius 1 is 1.26 bits per heavy atom. The molecule has 0 atom stereocenters. The summed E-state index contributed by atoms with van der Waals surface area (Å²) in [5, 5.41) is 1.62. The van der Waals surface area contributed by atoms with Crippen LogP contribution in [-0.2, 0) is 10.0 Å². The summed E-state index contributed by atoms with van der Waals surface area (Å²) in [5.41, 5.74) is 6.00. The molecular formula is C12H14N2O2S3. The first kappa shape index (κ1) is 14.4. The molecule has 0 fully saturated rings. The van der Waals surface area contributed by atoms with E-state index < -0.39 is 10.0 Å². The van der Waals surface area contributed by atoms with Gasteiger partial charge in [0.05, 0.1) is 0 Å². The van der Waals surface area contributed by atoms with E-state index in [0.717, 1.165) is 16.2 Å². The second-order valence-electron chi connectivity index (χ2n) is 3.76. The van der Waals surface area contributed by atoms with Gasteiger partial charge >= 0.3 is 0 Å². The lowest BCUT2D eigenvalue weighted by Crippen LogP contribution is -2.25. The van der Waals surface area contributed by atoms with E-state index in [9.17, 15) is 8.42 Å². The summed E-state index contributed by atoms with van der Waals surface area (Å²) in [5.74, 6) is 0.685. The van der Waals surface area contributed by atoms with Crippen molar-refractivity contribution in [3.05, 3.63) is 41.8 Å². The molecule has 1 heterocycles. The zero-order valence-electron chi connectivity index (χ0n) is 10.1. The number of anilines is 1. The molecule has 4 nitrogen and oxygen atoms in total. The van der Waals surface area contributed by atoms with Gasteiger partial charge in [0.1, 0.15) is 4.21 Å². The molecule has 0 aliphatic heterocycles. The molecule has 19 heavy (non-hydrogen) atoms. The zero-order chi connectivity index (χ0) is 13.7. The molecule has 0 amide bonds. The number of rotatable bonds is 6. The summed E-state index contributed by atoms with van der Waals surface area (Å²) in [6.45, 7) is 0.389. The van der Waals surface area contributed by atoms with Crippen LogP contribution in [0.3, 0.4) is 0 Å². The molecule has 1 aromatic heterocycles. The van der Waals surface area contributed by atoms with Gasteiger partial charge in [-0.05, 0) is 18.2 Å². The van der Waals surface area contributed by atoms with Gasteiger partial charge in [-0.2, -0.15) is 0 Å². The second-order valence-corrected chi connectivity index (χ2v) is 7.83. The molecule has 3 N–H and O–H groups in total. The third kappa shape index (κ3) is 4.24. The van der Waals surface area contributed by atoms with Crippen LogP contribution in [0.1, 0.15) is 0 Å². The number of nitrogens with two attached hydrogens (primary N) is 1. The van der Waals surface area contributed by atoms with Crippen molar-refractivity contribution < 1.29 is 8.42 Å². The van der Waals surface area contributed by atoms with Gasteiger partial charge in [0.2, 0.25) is 10.0 Å². The van der Waals surface area contributed by atoms with Crippen LogP contribution in [0.5, 0.6) is 0 Å². The molecule has 102 valence electrons. The summed E-state index contributed by atoms with van der Waals surface area (Å²) in [6.07, 6.45) is 0. The Labute approximate surface area is 121 Å². The van der Waals surface area contributed by atoms with Crippen LogP contribution in [-0.4, -0.2) is 20.7 Å². The average Bonchev–Trinajstić information content (AvgIpc) is 2.84. The van der Waals surface area contributed by atoms with Gasteiger partial charge < -0.3 is 5.73 Å². The molecular weight excluding hydrogens is 300 g/mol. The van der Waals surface area contributed by atoms with Crippen LogP contribution in [0.2, 0.25) is 0 Å². The van der Waals surface area contributed by atoms with Gasteiger partial charge in [-0.3, -0.25) is 0 Å². The van der Waals surface area contributed by atoms with Gasteiger partial charge in [0.25, 0.3) is 0 Å². The molecule has 0 bridgehead atoms. The van der Waals surface area contributed by atoms with E-state index in [4.69, 9.17) is 5.73 Å². The van der Waals surface area contributed by atoms with Crippen molar-refractivity contribution in [2.24, 2.45) is 0 Å². The Hall–Kier alpha value is -1.02. The molecule has 2 aromatic rings. The highest BCUT2D eigenvalue weighted by Gasteiger charge is 2.15. The van der Waals surface area contributed by atoms with Crippen LogP contribution in [0.4, 0.5) is 5.69 Å². The predicted octanol–water partition coefficient (Wildman–Crippen LogP) is 2.40. The van der Waals surface area contributed by atoms with Crippen molar-refractivity contribution in [1.29, 1.82) is 0 Å². The predicted molar refractivity (Wildman–Crippen MR) is 81.1 cm³/mol. The van der Waals surface area contributed by atoms with E-state index in [1.54, 1.807) is 17.1 Å². The van der Waals surface area contributed by atoms with Gasteiger partial charge in [0, 0.05) is 28.3 Å². The van der Waals surface area contributed by atoms with Crippen LogP contribution in [0.15, 0.2) is 50.9 Å². The highest BCUT2D eigenvalue weighted by molar-refractivity contribution is 7.99. The van der Waals surface area contributed by atoms with E-state index in [1.165, 1.54) is 6.07 Å². The number of hydrogen-bond donors (Lipinski definition) is 2. The van der Waals surface area contributed by atoms with Crippen molar-refractivity contribution in [2.45, 2.75) is 9.10 Å². The summed E-state index contributed by atoms with van der Waals surface area (Å²) in [7, 11) is -3.42. The number of nitrogens with one attached hydrogen (secondary N) is 1. The Kier molecular flexibility index (Phi) is 4.87. The smallest absolute Gasteiger partial charge is 0.250 e. The normalized spacial score (nSPS) is 11.6. The topological polar surface area (TPSA) is 72.2 Å². The molecule has 0 saturated heterocycles. The first-order valence-electron chi connectivity index (χ1n) is 5.59. The van der Waals surface area contributed by atoms with Crippen molar-refractivity contribution in [2.75, 3.05) is 18.0 Å². The molecule has 0 aliphatic rings. The molecule has 0 spiro atoms. The zero-order valence-corrected chi connectivity index (χ0v) is 12.5. The average molecular weight is 314 g/mol. The van der Waals surface area contributed by atoms with Gasteiger partial charge in [-0.25, -0.2) is 13.1 Å². The fourth-order valence-corrected chi connectivity index (χ4v) is 4.48. The lowest BCUT2D eigenvalue weighted by molar-refractivity contribution is 0.586. The number of hydrogen-bond acceptors (Lipinski definition) is 5. The summed E-state index contributed by atoms with van der Waals surface area (Å²) >= 11 is 2.74. The molecule has 0 radical (unpaired) electrons. The van der Waals surface area contributed by atoms with Crippen LogP contribution >= 0.6 is 23.1 Å². The number of thioether (sulfide) groups is 1. The number of benzene rings is 1. The van der Waals surface area contributed by atoms with Crippen molar-refractivity contribution >= 4 is 38.8 Å². The number of thiophene rings is 1. The largest absolute Gasteiger partial charge is 0.398 e. The number of sulfonamides is 1. The molecule has 1 aromatic carbocycles. The minimum Gasteiger partial charge on any atom is -0.398 e. The Bertz CT molecular complexity index is 623. The SMILES string of the molecule is Nc1csc(S(=O)(=O)NCCSc2ccccc2)c1. The Balaban J connectivity index is 1.83. The third-order valence-electron chi connectivity index (χ3n) is 2.27. The van der Waals surface area contributed by atoms with E-state index in [0.29, 0.717) is 18.0 Å². The maximum Gasteiger partial charge on any atom is 0.250 e.